The third kappa shape index (κ3) is 6.28. The standard InChI is InChI=1S/C32H32FN3O6/c1-20-25(13-22-14-28(39-2)31(29(15-22)40-3)42-32(38)36-9-11-41-12-10-36)24-7-6-23(33)17-26(24)27(20)19-35-30(37)16-21-5-4-8-34-18-21/h4-8,13-15,17-18H,9-12,16,19H2,1-3H3,(H,35,37)/b25-13-. The zero-order chi connectivity index (χ0) is 29.6. The summed E-state index contributed by atoms with van der Waals surface area (Å²) in [5.41, 5.74) is 5.68. The predicted molar refractivity (Wildman–Crippen MR) is 156 cm³/mol. The molecule has 2 amide bonds. The summed E-state index contributed by atoms with van der Waals surface area (Å²) in [5.74, 6) is 0.304. The highest BCUT2D eigenvalue weighted by Crippen LogP contribution is 2.44. The van der Waals surface area contributed by atoms with Crippen molar-refractivity contribution in [2.45, 2.75) is 13.3 Å². The van der Waals surface area contributed by atoms with Gasteiger partial charge >= 0.3 is 6.09 Å². The average Bonchev–Trinajstić information content (AvgIpc) is 3.26. The van der Waals surface area contributed by atoms with Gasteiger partial charge in [0.2, 0.25) is 11.7 Å². The highest BCUT2D eigenvalue weighted by molar-refractivity contribution is 6.06. The highest BCUT2D eigenvalue weighted by Gasteiger charge is 2.26. The maximum Gasteiger partial charge on any atom is 0.415 e. The van der Waals surface area contributed by atoms with Crippen molar-refractivity contribution in [3.63, 3.8) is 0 Å². The van der Waals surface area contributed by atoms with Crippen molar-refractivity contribution in [2.75, 3.05) is 47.1 Å². The molecule has 0 spiro atoms. The number of carbonyl (C=O) groups excluding carboxylic acids is 2. The lowest BCUT2D eigenvalue weighted by atomic mass is 10.00. The number of aromatic nitrogens is 1. The number of hydrogen-bond donors (Lipinski definition) is 1. The Balaban J connectivity index is 1.43. The fourth-order valence-electron chi connectivity index (χ4n) is 5.07. The Hall–Kier alpha value is -4.70. The van der Waals surface area contributed by atoms with Crippen LogP contribution >= 0.6 is 0 Å². The van der Waals surface area contributed by atoms with Crippen LogP contribution in [0.5, 0.6) is 17.2 Å². The summed E-state index contributed by atoms with van der Waals surface area (Å²) >= 11 is 0. The smallest absolute Gasteiger partial charge is 0.415 e. The molecule has 9 nitrogen and oxygen atoms in total. The van der Waals surface area contributed by atoms with E-state index < -0.39 is 6.09 Å². The second kappa shape index (κ2) is 12.9. The molecule has 1 aliphatic heterocycles. The Morgan fingerprint density at radius 3 is 2.48 bits per heavy atom. The predicted octanol–water partition coefficient (Wildman–Crippen LogP) is 4.76. The molecule has 2 heterocycles. The Labute approximate surface area is 243 Å². The number of fused-ring (bicyclic) bond motifs is 1. The second-order valence-electron chi connectivity index (χ2n) is 9.89. The normalized spacial score (nSPS) is 15.4. The van der Waals surface area contributed by atoms with Crippen LogP contribution < -0.4 is 19.5 Å². The highest BCUT2D eigenvalue weighted by atomic mass is 19.1. The third-order valence-corrected chi connectivity index (χ3v) is 7.26. The minimum atomic E-state index is -0.512. The van der Waals surface area contributed by atoms with Gasteiger partial charge in [-0.1, -0.05) is 12.1 Å². The maximum atomic E-state index is 14.4. The Morgan fingerprint density at radius 1 is 1.07 bits per heavy atom. The number of nitrogens with one attached hydrogen (secondary N) is 1. The van der Waals surface area contributed by atoms with Crippen molar-refractivity contribution < 1.29 is 32.9 Å². The van der Waals surface area contributed by atoms with Gasteiger partial charge in [-0.05, 0) is 82.3 Å². The van der Waals surface area contributed by atoms with Crippen LogP contribution in [-0.2, 0) is 16.0 Å². The number of carbonyl (C=O) groups is 2. The van der Waals surface area contributed by atoms with E-state index in [2.05, 4.69) is 10.3 Å². The molecule has 3 aromatic rings. The van der Waals surface area contributed by atoms with E-state index in [0.717, 1.165) is 39.0 Å². The van der Waals surface area contributed by atoms with Crippen LogP contribution in [0.2, 0.25) is 0 Å². The van der Waals surface area contributed by atoms with Crippen molar-refractivity contribution in [3.05, 3.63) is 88.5 Å². The van der Waals surface area contributed by atoms with E-state index >= 15 is 0 Å². The number of hydrogen-bond acceptors (Lipinski definition) is 7. The van der Waals surface area contributed by atoms with E-state index in [9.17, 15) is 14.0 Å². The van der Waals surface area contributed by atoms with Gasteiger partial charge in [-0.2, -0.15) is 0 Å². The number of nitrogens with zero attached hydrogens (tertiary/aromatic N) is 2. The lowest BCUT2D eigenvalue weighted by molar-refractivity contribution is -0.120. The van der Waals surface area contributed by atoms with E-state index in [0.29, 0.717) is 37.8 Å². The van der Waals surface area contributed by atoms with E-state index in [1.165, 1.54) is 26.4 Å². The van der Waals surface area contributed by atoms with Gasteiger partial charge in [-0.3, -0.25) is 9.78 Å². The number of allylic oxidation sites excluding steroid dienone is 2. The number of morpholine rings is 1. The molecule has 1 N–H and O–H groups in total. The average molecular weight is 574 g/mol. The fraction of sp³-hybridized carbons (Fsp3) is 0.281. The van der Waals surface area contributed by atoms with Crippen LogP contribution in [0.4, 0.5) is 9.18 Å². The second-order valence-corrected chi connectivity index (χ2v) is 9.89. The van der Waals surface area contributed by atoms with Gasteiger partial charge < -0.3 is 29.2 Å². The van der Waals surface area contributed by atoms with Crippen LogP contribution in [0.1, 0.15) is 29.2 Å². The number of benzene rings is 2. The topological polar surface area (TPSA) is 99.2 Å². The first-order chi connectivity index (χ1) is 20.4. The Morgan fingerprint density at radius 2 is 1.81 bits per heavy atom. The number of rotatable bonds is 8. The summed E-state index contributed by atoms with van der Waals surface area (Å²) < 4.78 is 36.5. The summed E-state index contributed by atoms with van der Waals surface area (Å²) in [7, 11) is 2.98. The molecule has 1 aromatic heterocycles. The largest absolute Gasteiger partial charge is 0.493 e. The molecule has 1 fully saturated rings. The maximum absolute atomic E-state index is 14.4. The fourth-order valence-corrected chi connectivity index (χ4v) is 5.07. The zero-order valence-electron chi connectivity index (χ0n) is 23.7. The quantitative estimate of drug-likeness (QED) is 0.415. The number of halogens is 1. The summed E-state index contributed by atoms with van der Waals surface area (Å²) in [6.07, 6.45) is 4.93. The minimum Gasteiger partial charge on any atom is -0.493 e. The van der Waals surface area contributed by atoms with Crippen LogP contribution in [0.25, 0.3) is 17.2 Å². The molecule has 2 aromatic carbocycles. The molecule has 1 aliphatic carbocycles. The lowest BCUT2D eigenvalue weighted by Gasteiger charge is -2.26. The molecule has 1 saturated heterocycles. The summed E-state index contributed by atoms with van der Waals surface area (Å²) in [6, 6.07) is 11.8. The first-order valence-electron chi connectivity index (χ1n) is 13.6. The molecule has 10 heteroatoms. The molecule has 42 heavy (non-hydrogen) atoms. The van der Waals surface area contributed by atoms with Crippen LogP contribution in [0, 0.1) is 5.82 Å². The van der Waals surface area contributed by atoms with Crippen molar-refractivity contribution in [1.82, 2.24) is 15.2 Å². The summed E-state index contributed by atoms with van der Waals surface area (Å²) in [6.45, 7) is 3.95. The molecule has 0 bridgehead atoms. The molecule has 0 atom stereocenters. The van der Waals surface area contributed by atoms with Gasteiger partial charge in [0, 0.05) is 32.0 Å². The molecule has 0 radical (unpaired) electrons. The first kappa shape index (κ1) is 28.8. The molecular weight excluding hydrogens is 541 g/mol. The summed E-state index contributed by atoms with van der Waals surface area (Å²) in [5, 5.41) is 2.96. The third-order valence-electron chi connectivity index (χ3n) is 7.26. The van der Waals surface area contributed by atoms with Crippen molar-refractivity contribution in [3.8, 4) is 17.2 Å². The SMILES string of the molecule is COc1cc(/C=C2/C(C)=C(CNC(=O)Cc3cccnc3)c3cc(F)ccc32)cc(OC)c1OC(=O)N1CCOCC1. The van der Waals surface area contributed by atoms with Gasteiger partial charge in [0.15, 0.2) is 11.5 Å². The van der Waals surface area contributed by atoms with Gasteiger partial charge in [0.25, 0.3) is 0 Å². The lowest BCUT2D eigenvalue weighted by Crippen LogP contribution is -2.42. The van der Waals surface area contributed by atoms with E-state index in [1.54, 1.807) is 41.6 Å². The van der Waals surface area contributed by atoms with Crippen molar-refractivity contribution >= 4 is 29.2 Å². The van der Waals surface area contributed by atoms with Crippen LogP contribution in [0.3, 0.4) is 0 Å². The van der Waals surface area contributed by atoms with Gasteiger partial charge in [0.1, 0.15) is 5.82 Å². The van der Waals surface area contributed by atoms with Gasteiger partial charge in [0.05, 0.1) is 33.9 Å². The first-order valence-corrected chi connectivity index (χ1v) is 13.6. The molecule has 5 rings (SSSR count). The van der Waals surface area contributed by atoms with Gasteiger partial charge in [-0.15, -0.1) is 0 Å². The molecular formula is C32H32FN3O6. The number of amides is 2. The molecule has 218 valence electrons. The number of methoxy groups -OCH3 is 2. The molecule has 0 unspecified atom stereocenters. The number of ether oxygens (including phenoxy) is 4. The Kier molecular flexibility index (Phi) is 8.83. The Bertz CT molecular complexity index is 1520. The monoisotopic (exact) mass is 573 g/mol. The van der Waals surface area contributed by atoms with E-state index in [1.807, 2.05) is 19.1 Å². The molecule has 0 saturated carbocycles. The van der Waals surface area contributed by atoms with Crippen molar-refractivity contribution in [2.24, 2.45) is 0 Å². The van der Waals surface area contributed by atoms with Crippen LogP contribution in [0.15, 0.2) is 60.4 Å². The molecule has 2 aliphatic rings. The van der Waals surface area contributed by atoms with E-state index in [4.69, 9.17) is 18.9 Å². The number of pyridine rings is 1. The van der Waals surface area contributed by atoms with Crippen molar-refractivity contribution in [1.29, 1.82) is 0 Å². The van der Waals surface area contributed by atoms with Crippen LogP contribution in [-0.4, -0.2) is 69.0 Å². The summed E-state index contributed by atoms with van der Waals surface area (Å²) in [4.78, 5) is 31.1. The van der Waals surface area contributed by atoms with Gasteiger partial charge in [-0.25, -0.2) is 9.18 Å². The van der Waals surface area contributed by atoms with E-state index in [-0.39, 0.29) is 30.4 Å². The zero-order valence-corrected chi connectivity index (χ0v) is 23.7. The minimum absolute atomic E-state index is 0.157.